The Morgan fingerprint density at radius 3 is 2.40 bits per heavy atom. The lowest BCUT2D eigenvalue weighted by Crippen LogP contribution is -2.52. The molecule has 0 N–H and O–H groups in total. The van der Waals surface area contributed by atoms with Crippen molar-refractivity contribution < 1.29 is 9.53 Å². The minimum absolute atomic E-state index is 0.147. The maximum Gasteiger partial charge on any atom is 0.253 e. The fraction of sp³-hybridized carbons (Fsp3) is 0.650. The number of piperidine rings is 1. The first-order chi connectivity index (χ1) is 12.1. The Labute approximate surface area is 151 Å². The van der Waals surface area contributed by atoms with E-state index in [1.54, 1.807) is 7.11 Å². The molecule has 2 fully saturated rings. The number of piperazine rings is 1. The molecule has 2 aliphatic rings. The predicted molar refractivity (Wildman–Crippen MR) is 100 cm³/mol. The van der Waals surface area contributed by atoms with Gasteiger partial charge in [-0.25, -0.2) is 0 Å². The predicted octanol–water partition coefficient (Wildman–Crippen LogP) is 2.18. The lowest BCUT2D eigenvalue weighted by atomic mass is 9.94. The number of carbonyl (C=O) groups excluding carboxylic acids is 1. The van der Waals surface area contributed by atoms with Crippen LogP contribution in [0.1, 0.15) is 30.1 Å². The van der Waals surface area contributed by atoms with Crippen molar-refractivity contribution in [3.63, 3.8) is 0 Å². The minimum atomic E-state index is 0.147. The molecule has 3 rings (SSSR count). The van der Waals surface area contributed by atoms with Crippen LogP contribution in [-0.2, 0) is 0 Å². The van der Waals surface area contributed by atoms with Crippen LogP contribution in [0.5, 0.6) is 5.75 Å². The smallest absolute Gasteiger partial charge is 0.253 e. The number of nitrogens with zero attached hydrogens (tertiary/aromatic N) is 3. The summed E-state index contributed by atoms with van der Waals surface area (Å²) in [6, 6.07) is 8.07. The summed E-state index contributed by atoms with van der Waals surface area (Å²) < 4.78 is 5.16. The second kappa shape index (κ2) is 8.19. The van der Waals surface area contributed by atoms with E-state index < -0.39 is 0 Å². The third kappa shape index (κ3) is 4.53. The molecule has 1 aromatic rings. The summed E-state index contributed by atoms with van der Waals surface area (Å²) in [7, 11) is 3.85. The molecule has 5 heteroatoms. The number of hydrogen-bond donors (Lipinski definition) is 0. The molecule has 5 nitrogen and oxygen atoms in total. The summed E-state index contributed by atoms with van der Waals surface area (Å²) in [5.41, 5.74) is 0.756. The molecule has 138 valence electrons. The molecule has 0 aliphatic carbocycles. The van der Waals surface area contributed by atoms with E-state index in [2.05, 4.69) is 23.8 Å². The van der Waals surface area contributed by atoms with Crippen LogP contribution in [0.4, 0.5) is 0 Å². The number of methoxy groups -OCH3 is 1. The van der Waals surface area contributed by atoms with Gasteiger partial charge in [-0.3, -0.25) is 9.69 Å². The van der Waals surface area contributed by atoms with E-state index in [1.165, 1.54) is 19.6 Å². The van der Waals surface area contributed by atoms with Crippen molar-refractivity contribution in [2.75, 3.05) is 53.4 Å². The van der Waals surface area contributed by atoms with Crippen molar-refractivity contribution in [2.24, 2.45) is 5.92 Å². The second-order valence-electron chi connectivity index (χ2n) is 7.57. The fourth-order valence-corrected chi connectivity index (χ4v) is 4.02. The SMILES string of the molecule is COc1ccc(C(=O)N2CCC(CN3CCN(C)CC3C)CC2)cc1. The molecule has 0 bridgehead atoms. The van der Waals surface area contributed by atoms with Crippen molar-refractivity contribution in [1.82, 2.24) is 14.7 Å². The molecule has 2 saturated heterocycles. The molecule has 1 aromatic carbocycles. The average Bonchev–Trinajstić information content (AvgIpc) is 2.64. The van der Waals surface area contributed by atoms with Crippen LogP contribution in [0.3, 0.4) is 0 Å². The van der Waals surface area contributed by atoms with Crippen LogP contribution in [0.15, 0.2) is 24.3 Å². The second-order valence-corrected chi connectivity index (χ2v) is 7.57. The normalized spacial score (nSPS) is 23.6. The summed E-state index contributed by atoms with van der Waals surface area (Å²) in [4.78, 5) is 19.7. The molecule has 0 aromatic heterocycles. The first-order valence-corrected chi connectivity index (χ1v) is 9.42. The van der Waals surface area contributed by atoms with Crippen LogP contribution in [0, 0.1) is 5.92 Å². The van der Waals surface area contributed by atoms with E-state index in [1.807, 2.05) is 29.2 Å². The highest BCUT2D eigenvalue weighted by molar-refractivity contribution is 5.94. The van der Waals surface area contributed by atoms with Gasteiger partial charge in [0.1, 0.15) is 5.75 Å². The van der Waals surface area contributed by atoms with Crippen molar-refractivity contribution in [2.45, 2.75) is 25.8 Å². The maximum atomic E-state index is 12.7. The van der Waals surface area contributed by atoms with Crippen molar-refractivity contribution in [1.29, 1.82) is 0 Å². The summed E-state index contributed by atoms with van der Waals surface area (Å²) in [5.74, 6) is 1.65. The maximum absolute atomic E-state index is 12.7. The quantitative estimate of drug-likeness (QED) is 0.838. The lowest BCUT2D eigenvalue weighted by molar-refractivity contribution is 0.0556. The van der Waals surface area contributed by atoms with Crippen molar-refractivity contribution in [3.05, 3.63) is 29.8 Å². The van der Waals surface area contributed by atoms with Crippen LogP contribution >= 0.6 is 0 Å². The van der Waals surface area contributed by atoms with Gasteiger partial charge in [-0.05, 0) is 57.0 Å². The molecular formula is C20H31N3O2. The van der Waals surface area contributed by atoms with Crippen LogP contribution < -0.4 is 4.74 Å². The van der Waals surface area contributed by atoms with E-state index in [-0.39, 0.29) is 5.91 Å². The van der Waals surface area contributed by atoms with Gasteiger partial charge >= 0.3 is 0 Å². The zero-order valence-electron chi connectivity index (χ0n) is 15.8. The third-order valence-corrected chi connectivity index (χ3v) is 5.70. The van der Waals surface area contributed by atoms with Crippen molar-refractivity contribution >= 4 is 5.91 Å². The van der Waals surface area contributed by atoms with Gasteiger partial charge in [0.05, 0.1) is 7.11 Å². The van der Waals surface area contributed by atoms with E-state index in [4.69, 9.17) is 4.74 Å². The van der Waals surface area contributed by atoms with E-state index in [0.29, 0.717) is 12.0 Å². The summed E-state index contributed by atoms with van der Waals surface area (Å²) in [5, 5.41) is 0. The van der Waals surface area contributed by atoms with Crippen LogP contribution in [-0.4, -0.2) is 80.1 Å². The molecular weight excluding hydrogens is 314 g/mol. The van der Waals surface area contributed by atoms with E-state index >= 15 is 0 Å². The Hall–Kier alpha value is -1.59. The Morgan fingerprint density at radius 1 is 1.12 bits per heavy atom. The van der Waals surface area contributed by atoms with E-state index in [9.17, 15) is 4.79 Å². The molecule has 2 heterocycles. The Bertz CT molecular complexity index is 567. The zero-order valence-corrected chi connectivity index (χ0v) is 15.8. The number of carbonyl (C=O) groups is 1. The zero-order chi connectivity index (χ0) is 17.8. The third-order valence-electron chi connectivity index (χ3n) is 5.70. The molecule has 1 atom stereocenters. The van der Waals surface area contributed by atoms with Gasteiger partial charge < -0.3 is 14.5 Å². The largest absolute Gasteiger partial charge is 0.497 e. The highest BCUT2D eigenvalue weighted by Gasteiger charge is 2.28. The molecule has 0 saturated carbocycles. The monoisotopic (exact) mass is 345 g/mol. The average molecular weight is 345 g/mol. The highest BCUT2D eigenvalue weighted by Crippen LogP contribution is 2.22. The Morgan fingerprint density at radius 2 is 1.80 bits per heavy atom. The van der Waals surface area contributed by atoms with Gasteiger partial charge in [-0.1, -0.05) is 0 Å². The van der Waals surface area contributed by atoms with Gasteiger partial charge in [0.25, 0.3) is 5.91 Å². The molecule has 0 radical (unpaired) electrons. The lowest BCUT2D eigenvalue weighted by Gasteiger charge is -2.41. The Kier molecular flexibility index (Phi) is 5.97. The first kappa shape index (κ1) is 18.2. The summed E-state index contributed by atoms with van der Waals surface area (Å²) in [6.07, 6.45) is 2.22. The van der Waals surface area contributed by atoms with Gasteiger partial charge in [0.2, 0.25) is 0 Å². The Balaban J connectivity index is 1.48. The van der Waals surface area contributed by atoms with E-state index in [0.717, 1.165) is 43.8 Å². The van der Waals surface area contributed by atoms with Crippen molar-refractivity contribution in [3.8, 4) is 5.75 Å². The summed E-state index contributed by atoms with van der Waals surface area (Å²) >= 11 is 0. The van der Waals surface area contributed by atoms with Crippen LogP contribution in [0.25, 0.3) is 0 Å². The number of benzene rings is 1. The highest BCUT2D eigenvalue weighted by atomic mass is 16.5. The number of likely N-dealkylation sites (N-methyl/N-ethyl adjacent to an activating group) is 1. The number of rotatable bonds is 4. The molecule has 1 amide bonds. The first-order valence-electron chi connectivity index (χ1n) is 9.42. The number of hydrogen-bond acceptors (Lipinski definition) is 4. The van der Waals surface area contributed by atoms with Crippen LogP contribution in [0.2, 0.25) is 0 Å². The topological polar surface area (TPSA) is 36.0 Å². The fourth-order valence-electron chi connectivity index (χ4n) is 4.02. The molecule has 2 aliphatic heterocycles. The number of likely N-dealkylation sites (tertiary alicyclic amines) is 1. The van der Waals surface area contributed by atoms with Gasteiger partial charge in [-0.15, -0.1) is 0 Å². The van der Waals surface area contributed by atoms with Gasteiger partial charge in [0.15, 0.2) is 0 Å². The number of amides is 1. The molecule has 1 unspecified atom stereocenters. The molecule has 25 heavy (non-hydrogen) atoms. The summed E-state index contributed by atoms with van der Waals surface area (Å²) in [6.45, 7) is 8.75. The van der Waals surface area contributed by atoms with Gasteiger partial charge in [0, 0.05) is 50.9 Å². The standard InChI is InChI=1S/C20H31N3O2/c1-16-14-21(2)12-13-23(16)15-17-8-10-22(11-9-17)20(24)18-4-6-19(25-3)7-5-18/h4-7,16-17H,8-15H2,1-3H3. The molecule has 0 spiro atoms. The minimum Gasteiger partial charge on any atom is -0.497 e. The number of ether oxygens (including phenoxy) is 1. The van der Waals surface area contributed by atoms with Gasteiger partial charge in [-0.2, -0.15) is 0 Å².